The number of nitrogens with one attached hydrogen (secondary N) is 1. The van der Waals surface area contributed by atoms with Crippen molar-refractivity contribution in [3.63, 3.8) is 0 Å². The molecule has 3 aromatic carbocycles. The van der Waals surface area contributed by atoms with Crippen molar-refractivity contribution in [3.8, 4) is 0 Å². The first-order valence-corrected chi connectivity index (χ1v) is 10.2. The molecule has 1 N–H and O–H groups in total. The molecule has 0 spiro atoms. The number of aromatic nitrogens is 1. The molecule has 0 bridgehead atoms. The van der Waals surface area contributed by atoms with Crippen molar-refractivity contribution in [2.45, 2.75) is 20.0 Å². The Kier molecular flexibility index (Phi) is 5.89. The molecule has 146 valence electrons. The highest BCUT2D eigenvalue weighted by Crippen LogP contribution is 2.26. The van der Waals surface area contributed by atoms with Gasteiger partial charge >= 0.3 is 0 Å². The van der Waals surface area contributed by atoms with Gasteiger partial charge in [-0.1, -0.05) is 77.8 Å². The summed E-state index contributed by atoms with van der Waals surface area (Å²) in [5.41, 5.74) is 8.67. The highest BCUT2D eigenvalue weighted by Gasteiger charge is 2.12. The Balaban J connectivity index is 1.60. The quantitative estimate of drug-likeness (QED) is 0.282. The Morgan fingerprint density at radius 3 is 2.34 bits per heavy atom. The van der Waals surface area contributed by atoms with Crippen LogP contribution in [0.3, 0.4) is 0 Å². The number of fused-ring (bicyclic) bond motifs is 1. The number of para-hydroxylation sites is 1. The monoisotopic (exact) mass is 421 g/mol. The smallest absolute Gasteiger partial charge is 0.0609 e. The maximum atomic E-state index is 6.23. The summed E-state index contributed by atoms with van der Waals surface area (Å²) >= 11 is 12.5. The molecule has 0 fully saturated rings. The van der Waals surface area contributed by atoms with E-state index in [1.165, 1.54) is 22.2 Å². The molecule has 4 rings (SSSR count). The zero-order chi connectivity index (χ0) is 20.2. The van der Waals surface area contributed by atoms with Crippen LogP contribution in [0.1, 0.15) is 22.4 Å². The van der Waals surface area contributed by atoms with E-state index < -0.39 is 0 Å². The van der Waals surface area contributed by atoms with E-state index in [4.69, 9.17) is 23.2 Å². The third-order valence-electron chi connectivity index (χ3n) is 5.07. The molecule has 0 radical (unpaired) electrons. The minimum absolute atomic E-state index is 0.469. The van der Waals surface area contributed by atoms with Crippen LogP contribution in [0.5, 0.6) is 0 Å². The summed E-state index contributed by atoms with van der Waals surface area (Å²) in [7, 11) is 0. The van der Waals surface area contributed by atoms with Crippen LogP contribution >= 0.6 is 23.2 Å². The zero-order valence-corrected chi connectivity index (χ0v) is 17.6. The highest BCUT2D eigenvalue weighted by atomic mass is 35.5. The van der Waals surface area contributed by atoms with Gasteiger partial charge in [-0.25, -0.2) is 0 Å². The second-order valence-corrected chi connectivity index (χ2v) is 7.70. The van der Waals surface area contributed by atoms with Gasteiger partial charge in [0, 0.05) is 44.3 Å². The van der Waals surface area contributed by atoms with E-state index >= 15 is 0 Å². The molecule has 0 aliphatic heterocycles. The summed E-state index contributed by atoms with van der Waals surface area (Å²) in [6, 6.07) is 24.4. The summed E-state index contributed by atoms with van der Waals surface area (Å²) in [5, 5.41) is 6.90. The highest BCUT2D eigenvalue weighted by molar-refractivity contribution is 6.35. The van der Waals surface area contributed by atoms with Gasteiger partial charge in [0.15, 0.2) is 0 Å². The molecule has 1 aromatic heterocycles. The van der Waals surface area contributed by atoms with Crippen LogP contribution in [0, 0.1) is 6.92 Å². The van der Waals surface area contributed by atoms with Crippen LogP contribution in [-0.2, 0) is 13.1 Å². The van der Waals surface area contributed by atoms with Crippen molar-refractivity contribution < 1.29 is 0 Å². The number of hydrogen-bond donors (Lipinski definition) is 1. The van der Waals surface area contributed by atoms with Crippen LogP contribution in [0.2, 0.25) is 10.0 Å². The minimum atomic E-state index is 0.469. The molecule has 0 saturated carbocycles. The second kappa shape index (κ2) is 8.73. The van der Waals surface area contributed by atoms with E-state index in [1.807, 2.05) is 30.5 Å². The Morgan fingerprint density at radius 1 is 0.897 bits per heavy atom. The number of nitrogens with zero attached hydrogens (tertiary/aromatic N) is 2. The molecule has 5 heteroatoms. The summed E-state index contributed by atoms with van der Waals surface area (Å²) in [4.78, 5) is 0. The van der Waals surface area contributed by atoms with E-state index in [1.54, 1.807) is 0 Å². The number of rotatable bonds is 6. The Hall–Kier alpha value is -2.75. The minimum Gasteiger partial charge on any atom is -0.340 e. The largest absolute Gasteiger partial charge is 0.340 e. The van der Waals surface area contributed by atoms with Gasteiger partial charge < -0.3 is 9.99 Å². The maximum Gasteiger partial charge on any atom is 0.0609 e. The van der Waals surface area contributed by atoms with Crippen molar-refractivity contribution in [2.24, 2.45) is 5.10 Å². The first-order valence-electron chi connectivity index (χ1n) is 9.45. The topological polar surface area (TPSA) is 29.3 Å². The van der Waals surface area contributed by atoms with E-state index in [2.05, 4.69) is 70.5 Å². The fourth-order valence-corrected chi connectivity index (χ4v) is 4.06. The molecule has 0 aliphatic rings. The van der Waals surface area contributed by atoms with Gasteiger partial charge in [0.1, 0.15) is 0 Å². The number of hydrogen-bond acceptors (Lipinski definition) is 2. The van der Waals surface area contributed by atoms with E-state index in [9.17, 15) is 0 Å². The van der Waals surface area contributed by atoms with Gasteiger partial charge in [-0.05, 0) is 30.7 Å². The lowest BCUT2D eigenvalue weighted by Crippen LogP contribution is -2.07. The molecule has 3 nitrogen and oxygen atoms in total. The van der Waals surface area contributed by atoms with Crippen molar-refractivity contribution in [1.29, 1.82) is 0 Å². The van der Waals surface area contributed by atoms with Gasteiger partial charge in [0.25, 0.3) is 0 Å². The Bertz CT molecular complexity index is 1140. The fourth-order valence-electron chi connectivity index (χ4n) is 3.53. The molecule has 0 unspecified atom stereocenters. The normalized spacial score (nSPS) is 11.4. The molecule has 29 heavy (non-hydrogen) atoms. The third-order valence-corrected chi connectivity index (χ3v) is 5.77. The average molecular weight is 422 g/mol. The molecular weight excluding hydrogens is 401 g/mol. The second-order valence-electron chi connectivity index (χ2n) is 6.88. The van der Waals surface area contributed by atoms with Gasteiger partial charge in [0.05, 0.1) is 12.8 Å². The summed E-state index contributed by atoms with van der Waals surface area (Å²) < 4.78 is 2.33. The average Bonchev–Trinajstić information content (AvgIpc) is 2.99. The van der Waals surface area contributed by atoms with E-state index in [0.29, 0.717) is 16.6 Å². The molecule has 1 heterocycles. The fraction of sp³-hybridized carbons (Fsp3) is 0.125. The van der Waals surface area contributed by atoms with Crippen LogP contribution in [0.25, 0.3) is 10.9 Å². The lowest BCUT2D eigenvalue weighted by atomic mass is 10.1. The van der Waals surface area contributed by atoms with Crippen molar-refractivity contribution in [1.82, 2.24) is 9.99 Å². The van der Waals surface area contributed by atoms with Crippen molar-refractivity contribution >= 4 is 40.3 Å². The van der Waals surface area contributed by atoms with E-state index in [0.717, 1.165) is 17.7 Å². The molecule has 0 saturated heterocycles. The van der Waals surface area contributed by atoms with Crippen molar-refractivity contribution in [2.75, 3.05) is 0 Å². The molecule has 0 aliphatic carbocycles. The SMILES string of the molecule is Cc1c(/C=N\NCc2c(Cl)cccc2Cl)c2ccccc2n1Cc1ccccc1. The number of halogens is 2. The summed E-state index contributed by atoms with van der Waals surface area (Å²) in [6.07, 6.45) is 1.88. The van der Waals surface area contributed by atoms with Gasteiger partial charge in [0.2, 0.25) is 0 Å². The Morgan fingerprint density at radius 2 is 1.59 bits per heavy atom. The standard InChI is InChI=1S/C24H21Cl2N3/c1-17-20(14-27-28-15-21-22(25)11-7-12-23(21)26)19-10-5-6-13-24(19)29(17)16-18-8-3-2-4-9-18/h2-14,28H,15-16H2,1H3/b27-14-. The molecule has 4 aromatic rings. The van der Waals surface area contributed by atoms with E-state index in [-0.39, 0.29) is 0 Å². The molecule has 0 atom stereocenters. The van der Waals surface area contributed by atoms with Crippen LogP contribution < -0.4 is 5.43 Å². The third kappa shape index (κ3) is 4.16. The van der Waals surface area contributed by atoms with Gasteiger partial charge in [-0.2, -0.15) is 5.10 Å². The summed E-state index contributed by atoms with van der Waals surface area (Å²) in [5.74, 6) is 0. The first-order chi connectivity index (χ1) is 14.1. The van der Waals surface area contributed by atoms with Crippen LogP contribution in [-0.4, -0.2) is 10.8 Å². The van der Waals surface area contributed by atoms with Gasteiger partial charge in [-0.15, -0.1) is 0 Å². The van der Waals surface area contributed by atoms with Gasteiger partial charge in [-0.3, -0.25) is 0 Å². The van der Waals surface area contributed by atoms with Crippen molar-refractivity contribution in [3.05, 3.63) is 105 Å². The Labute approximate surface area is 180 Å². The lowest BCUT2D eigenvalue weighted by Gasteiger charge is -2.08. The molecular formula is C24H21Cl2N3. The maximum absolute atomic E-state index is 6.23. The first kappa shape index (κ1) is 19.6. The van der Waals surface area contributed by atoms with Crippen LogP contribution in [0.15, 0.2) is 77.9 Å². The number of hydrazone groups is 1. The summed E-state index contributed by atoms with van der Waals surface area (Å²) in [6.45, 7) is 3.43. The lowest BCUT2D eigenvalue weighted by molar-refractivity contribution is 0.748. The zero-order valence-electron chi connectivity index (χ0n) is 16.1. The number of benzene rings is 3. The predicted octanol–water partition coefficient (Wildman–Crippen LogP) is 6.43. The molecule has 0 amide bonds. The predicted molar refractivity (Wildman–Crippen MR) is 123 cm³/mol. The van der Waals surface area contributed by atoms with Crippen LogP contribution in [0.4, 0.5) is 0 Å².